The third kappa shape index (κ3) is 5.58. The third-order valence-corrected chi connectivity index (χ3v) is 4.31. The smallest absolute Gasteiger partial charge is 0.387 e. The van der Waals surface area contributed by atoms with Gasteiger partial charge in [0, 0.05) is 37.2 Å². The number of aromatic nitrogens is 1. The highest BCUT2D eigenvalue weighted by molar-refractivity contribution is 5.79. The summed E-state index contributed by atoms with van der Waals surface area (Å²) in [6, 6.07) is 4.67. The molecule has 2 N–H and O–H groups in total. The van der Waals surface area contributed by atoms with E-state index < -0.39 is 6.61 Å². The van der Waals surface area contributed by atoms with E-state index in [-0.39, 0.29) is 18.2 Å². The summed E-state index contributed by atoms with van der Waals surface area (Å²) in [5, 5.41) is 10.3. The molecule has 0 saturated carbocycles. The lowest BCUT2D eigenvalue weighted by Crippen LogP contribution is -2.38. The van der Waals surface area contributed by atoms with E-state index in [9.17, 15) is 8.78 Å². The average molecular weight is 396 g/mol. The number of hydrogen-bond acceptors (Lipinski definition) is 5. The molecule has 1 heterocycles. The Hall–Kier alpha value is -2.84. The van der Waals surface area contributed by atoms with E-state index in [1.165, 1.54) is 13.2 Å². The summed E-state index contributed by atoms with van der Waals surface area (Å²) < 4.78 is 40.2. The van der Waals surface area contributed by atoms with Crippen LogP contribution in [-0.4, -0.2) is 38.4 Å². The first kappa shape index (κ1) is 21.5. The molecule has 1 unspecified atom stereocenters. The molecule has 0 bridgehead atoms. The van der Waals surface area contributed by atoms with Gasteiger partial charge in [0.25, 0.3) is 0 Å². The lowest BCUT2D eigenvalue weighted by molar-refractivity contribution is -0.0504. The quantitative estimate of drug-likeness (QED) is 0.526. The molecule has 0 radical (unpaired) electrons. The summed E-state index contributed by atoms with van der Waals surface area (Å²) in [4.78, 5) is 4.17. The summed E-state index contributed by atoms with van der Waals surface area (Å²) in [7, 11) is 3.15. The van der Waals surface area contributed by atoms with Gasteiger partial charge in [-0.3, -0.25) is 4.99 Å². The maximum atomic E-state index is 12.6. The molecule has 0 spiro atoms. The molecule has 0 aliphatic rings. The number of alkyl halides is 2. The molecule has 2 rings (SSSR count). The summed E-state index contributed by atoms with van der Waals surface area (Å²) >= 11 is 0. The summed E-state index contributed by atoms with van der Waals surface area (Å²) in [6.07, 6.45) is 0. The van der Waals surface area contributed by atoms with Crippen LogP contribution in [0.2, 0.25) is 0 Å². The average Bonchev–Trinajstić information content (AvgIpc) is 3.00. The maximum Gasteiger partial charge on any atom is 0.387 e. The van der Waals surface area contributed by atoms with E-state index >= 15 is 0 Å². The fourth-order valence-electron chi connectivity index (χ4n) is 2.98. The number of benzene rings is 1. The second-order valence-corrected chi connectivity index (χ2v) is 6.30. The van der Waals surface area contributed by atoms with E-state index in [2.05, 4.69) is 32.4 Å². The van der Waals surface area contributed by atoms with E-state index in [4.69, 9.17) is 9.26 Å². The van der Waals surface area contributed by atoms with Crippen LogP contribution in [0.25, 0.3) is 0 Å². The largest absolute Gasteiger partial charge is 0.497 e. The number of ether oxygens (including phenoxy) is 2. The van der Waals surface area contributed by atoms with Crippen LogP contribution in [0.3, 0.4) is 0 Å². The fraction of sp³-hybridized carbons (Fsp3) is 0.474. The van der Waals surface area contributed by atoms with Crippen molar-refractivity contribution in [3.63, 3.8) is 0 Å². The van der Waals surface area contributed by atoms with Crippen molar-refractivity contribution in [2.24, 2.45) is 4.99 Å². The van der Waals surface area contributed by atoms with Crippen molar-refractivity contribution in [2.45, 2.75) is 39.8 Å². The van der Waals surface area contributed by atoms with Crippen molar-refractivity contribution in [3.05, 3.63) is 40.8 Å². The third-order valence-electron chi connectivity index (χ3n) is 4.31. The Morgan fingerprint density at radius 1 is 1.29 bits per heavy atom. The van der Waals surface area contributed by atoms with Gasteiger partial charge in [0.05, 0.1) is 12.8 Å². The highest BCUT2D eigenvalue weighted by Gasteiger charge is 2.17. The van der Waals surface area contributed by atoms with Crippen molar-refractivity contribution in [1.82, 2.24) is 15.8 Å². The number of rotatable bonds is 8. The van der Waals surface area contributed by atoms with Crippen molar-refractivity contribution in [3.8, 4) is 11.5 Å². The summed E-state index contributed by atoms with van der Waals surface area (Å²) in [5.41, 5.74) is 2.45. The highest BCUT2D eigenvalue weighted by Crippen LogP contribution is 2.26. The lowest BCUT2D eigenvalue weighted by atomic mass is 10.00. The van der Waals surface area contributed by atoms with Crippen LogP contribution in [0.5, 0.6) is 11.5 Å². The minimum Gasteiger partial charge on any atom is -0.497 e. The number of guanidine groups is 1. The molecule has 28 heavy (non-hydrogen) atoms. The predicted molar refractivity (Wildman–Crippen MR) is 102 cm³/mol. The molecule has 0 saturated heterocycles. The number of nitrogens with one attached hydrogen (secondary N) is 2. The normalized spacial score (nSPS) is 12.8. The minimum absolute atomic E-state index is 0.0860. The zero-order valence-corrected chi connectivity index (χ0v) is 16.7. The first-order valence-corrected chi connectivity index (χ1v) is 8.84. The van der Waals surface area contributed by atoms with Gasteiger partial charge >= 0.3 is 6.61 Å². The Morgan fingerprint density at radius 3 is 2.61 bits per heavy atom. The Morgan fingerprint density at radius 2 is 2.04 bits per heavy atom. The molecule has 0 aliphatic carbocycles. The standard InChI is InChI=1S/C19H26F2N4O3/c1-11(17-12(2)25-28-13(17)3)9-23-19(22-4)24-10-14-8-15(26-5)6-7-16(14)27-18(20)21/h6-8,11,18H,9-10H2,1-5H3,(H2,22,23,24). The van der Waals surface area contributed by atoms with Gasteiger partial charge in [-0.2, -0.15) is 8.78 Å². The summed E-state index contributed by atoms with van der Waals surface area (Å²) in [5.74, 6) is 2.11. The Kier molecular flexibility index (Phi) is 7.60. The molecular formula is C19H26F2N4O3. The first-order valence-electron chi connectivity index (χ1n) is 8.84. The topological polar surface area (TPSA) is 80.9 Å². The highest BCUT2D eigenvalue weighted by atomic mass is 19.3. The van der Waals surface area contributed by atoms with Gasteiger partial charge < -0.3 is 24.6 Å². The van der Waals surface area contributed by atoms with Crippen LogP contribution < -0.4 is 20.1 Å². The van der Waals surface area contributed by atoms with Crippen LogP contribution in [0.1, 0.15) is 35.4 Å². The predicted octanol–water partition coefficient (Wildman–Crippen LogP) is 3.37. The second kappa shape index (κ2) is 9.91. The zero-order chi connectivity index (χ0) is 20.7. The van der Waals surface area contributed by atoms with Gasteiger partial charge in [-0.1, -0.05) is 12.1 Å². The van der Waals surface area contributed by atoms with Crippen LogP contribution in [0, 0.1) is 13.8 Å². The van der Waals surface area contributed by atoms with Gasteiger partial charge in [0.15, 0.2) is 5.96 Å². The number of aliphatic imine (C=N–C) groups is 1. The van der Waals surface area contributed by atoms with Crippen molar-refractivity contribution < 1.29 is 22.8 Å². The van der Waals surface area contributed by atoms with Crippen LogP contribution in [0.15, 0.2) is 27.7 Å². The van der Waals surface area contributed by atoms with Crippen LogP contribution >= 0.6 is 0 Å². The SMILES string of the molecule is CN=C(NCc1cc(OC)ccc1OC(F)F)NCC(C)c1c(C)noc1C. The number of aryl methyl sites for hydroxylation is 2. The van der Waals surface area contributed by atoms with Crippen molar-refractivity contribution in [2.75, 3.05) is 20.7 Å². The molecular weight excluding hydrogens is 370 g/mol. The van der Waals surface area contributed by atoms with E-state index in [0.29, 0.717) is 23.8 Å². The maximum absolute atomic E-state index is 12.6. The number of methoxy groups -OCH3 is 1. The molecule has 0 aliphatic heterocycles. The number of hydrogen-bond donors (Lipinski definition) is 2. The zero-order valence-electron chi connectivity index (χ0n) is 16.7. The molecule has 154 valence electrons. The van der Waals surface area contributed by atoms with E-state index in [0.717, 1.165) is 17.0 Å². The van der Waals surface area contributed by atoms with Gasteiger partial charge in [-0.15, -0.1) is 0 Å². The second-order valence-electron chi connectivity index (χ2n) is 6.30. The van der Waals surface area contributed by atoms with Crippen molar-refractivity contribution in [1.29, 1.82) is 0 Å². The summed E-state index contributed by atoms with van der Waals surface area (Å²) in [6.45, 7) is 3.78. The Bertz CT molecular complexity index is 789. The van der Waals surface area contributed by atoms with Gasteiger partial charge in [0.1, 0.15) is 17.3 Å². The minimum atomic E-state index is -2.90. The molecule has 1 aromatic carbocycles. The Labute approximate surface area is 163 Å². The van der Waals surface area contributed by atoms with Gasteiger partial charge in [-0.25, -0.2) is 0 Å². The molecule has 2 aromatic rings. The number of halogens is 2. The van der Waals surface area contributed by atoms with Crippen LogP contribution in [-0.2, 0) is 6.54 Å². The molecule has 7 nitrogen and oxygen atoms in total. The molecule has 9 heteroatoms. The molecule has 1 atom stereocenters. The molecule has 0 fully saturated rings. The van der Waals surface area contributed by atoms with E-state index in [1.54, 1.807) is 19.2 Å². The lowest BCUT2D eigenvalue weighted by Gasteiger charge is -2.17. The van der Waals surface area contributed by atoms with Gasteiger partial charge in [0.2, 0.25) is 0 Å². The van der Waals surface area contributed by atoms with Crippen LogP contribution in [0.4, 0.5) is 8.78 Å². The van der Waals surface area contributed by atoms with E-state index in [1.807, 2.05) is 13.8 Å². The number of nitrogens with zero attached hydrogens (tertiary/aromatic N) is 2. The molecule has 0 amide bonds. The fourth-order valence-corrected chi connectivity index (χ4v) is 2.98. The van der Waals surface area contributed by atoms with Gasteiger partial charge in [-0.05, 0) is 32.0 Å². The Balaban J connectivity index is 2.00. The first-order chi connectivity index (χ1) is 13.3. The van der Waals surface area contributed by atoms with Crippen molar-refractivity contribution >= 4 is 5.96 Å². The molecule has 1 aromatic heterocycles. The monoisotopic (exact) mass is 396 g/mol.